The predicted molar refractivity (Wildman–Crippen MR) is 70.2 cm³/mol. The van der Waals surface area contributed by atoms with Gasteiger partial charge in [-0.2, -0.15) is 0 Å². The van der Waals surface area contributed by atoms with Crippen LogP contribution in [0.3, 0.4) is 0 Å². The molecule has 1 aromatic carbocycles. The van der Waals surface area contributed by atoms with Crippen LogP contribution >= 0.6 is 11.6 Å². The molecule has 0 aliphatic carbocycles. The molecule has 18 heavy (non-hydrogen) atoms. The van der Waals surface area contributed by atoms with Gasteiger partial charge in [-0.25, -0.2) is 9.59 Å². The van der Waals surface area contributed by atoms with Crippen LogP contribution < -0.4 is 10.6 Å². The molecule has 2 amide bonds. The van der Waals surface area contributed by atoms with Crippen molar-refractivity contribution in [2.45, 2.75) is 6.92 Å². The molecule has 6 heteroatoms. The van der Waals surface area contributed by atoms with Gasteiger partial charge in [0.1, 0.15) is 0 Å². The van der Waals surface area contributed by atoms with Gasteiger partial charge in [0.05, 0.1) is 12.1 Å². The quantitative estimate of drug-likeness (QED) is 0.785. The van der Waals surface area contributed by atoms with Gasteiger partial charge in [0.25, 0.3) is 0 Å². The largest absolute Gasteiger partial charge is 0.478 e. The molecule has 0 saturated carbocycles. The summed E-state index contributed by atoms with van der Waals surface area (Å²) in [6.07, 6.45) is 0. The molecule has 1 rings (SSSR count). The maximum atomic E-state index is 11.4. The molecule has 0 spiro atoms. The Morgan fingerprint density at radius 3 is 2.67 bits per heavy atom. The van der Waals surface area contributed by atoms with Crippen LogP contribution in [0.5, 0.6) is 0 Å². The van der Waals surface area contributed by atoms with Gasteiger partial charge in [-0.15, -0.1) is 0 Å². The second-order valence-electron chi connectivity index (χ2n) is 3.66. The number of urea groups is 1. The van der Waals surface area contributed by atoms with Crippen LogP contribution in [-0.2, 0) is 0 Å². The van der Waals surface area contributed by atoms with Crippen LogP contribution in [0.1, 0.15) is 15.9 Å². The summed E-state index contributed by atoms with van der Waals surface area (Å²) in [5, 5.41) is 14.2. The number of nitrogens with one attached hydrogen (secondary N) is 2. The number of carboxylic acid groups (broad SMARTS) is 1. The zero-order valence-electron chi connectivity index (χ0n) is 9.79. The van der Waals surface area contributed by atoms with E-state index in [9.17, 15) is 9.59 Å². The molecule has 96 valence electrons. The second-order valence-corrected chi connectivity index (χ2v) is 4.19. The van der Waals surface area contributed by atoms with Gasteiger partial charge < -0.3 is 15.7 Å². The minimum atomic E-state index is -1.04. The fourth-order valence-corrected chi connectivity index (χ4v) is 1.35. The molecular weight excluding hydrogens is 256 g/mol. The number of aryl methyl sites for hydroxylation is 1. The number of anilines is 1. The number of rotatable bonds is 4. The lowest BCUT2D eigenvalue weighted by atomic mass is 10.1. The number of aromatic carboxylic acids is 1. The van der Waals surface area contributed by atoms with Gasteiger partial charge in [0, 0.05) is 10.7 Å². The highest BCUT2D eigenvalue weighted by Crippen LogP contribution is 2.15. The average Bonchev–Trinajstić information content (AvgIpc) is 2.28. The van der Waals surface area contributed by atoms with Gasteiger partial charge in [-0.1, -0.05) is 24.2 Å². The van der Waals surface area contributed by atoms with E-state index < -0.39 is 12.0 Å². The van der Waals surface area contributed by atoms with E-state index in [1.807, 2.05) is 0 Å². The van der Waals surface area contributed by atoms with Crippen LogP contribution in [0.2, 0.25) is 0 Å². The first-order chi connectivity index (χ1) is 8.40. The topological polar surface area (TPSA) is 78.4 Å². The summed E-state index contributed by atoms with van der Waals surface area (Å²) in [6, 6.07) is 4.17. The van der Waals surface area contributed by atoms with Crippen LogP contribution in [-0.4, -0.2) is 23.7 Å². The van der Waals surface area contributed by atoms with Gasteiger partial charge in [-0.05, 0) is 24.6 Å². The third kappa shape index (κ3) is 4.10. The molecule has 0 unspecified atom stereocenters. The van der Waals surface area contributed by atoms with Crippen molar-refractivity contribution < 1.29 is 14.7 Å². The molecule has 0 aromatic heterocycles. The normalized spacial score (nSPS) is 9.67. The van der Waals surface area contributed by atoms with E-state index in [2.05, 4.69) is 17.2 Å². The average molecular weight is 269 g/mol. The van der Waals surface area contributed by atoms with Crippen molar-refractivity contribution in [3.05, 3.63) is 40.9 Å². The molecule has 0 aliphatic rings. The zero-order valence-corrected chi connectivity index (χ0v) is 10.5. The summed E-state index contributed by atoms with van der Waals surface area (Å²) in [4.78, 5) is 22.3. The third-order valence-corrected chi connectivity index (χ3v) is 2.30. The van der Waals surface area contributed by atoms with E-state index >= 15 is 0 Å². The maximum Gasteiger partial charge on any atom is 0.336 e. The Kier molecular flexibility index (Phi) is 4.74. The number of hydrogen-bond acceptors (Lipinski definition) is 2. The second kappa shape index (κ2) is 6.07. The third-order valence-electron chi connectivity index (χ3n) is 2.17. The highest BCUT2D eigenvalue weighted by Gasteiger charge is 2.09. The number of carbonyl (C=O) groups is 2. The van der Waals surface area contributed by atoms with E-state index in [0.717, 1.165) is 0 Å². The predicted octanol–water partition coefficient (Wildman–Crippen LogP) is 2.57. The first kappa shape index (κ1) is 14.1. The van der Waals surface area contributed by atoms with Crippen molar-refractivity contribution in [1.29, 1.82) is 0 Å². The lowest BCUT2D eigenvalue weighted by Crippen LogP contribution is -2.29. The number of carboxylic acids is 1. The van der Waals surface area contributed by atoms with E-state index in [-0.39, 0.29) is 12.1 Å². The van der Waals surface area contributed by atoms with Crippen LogP contribution in [0.25, 0.3) is 0 Å². The fraction of sp³-hybridized carbons (Fsp3) is 0.167. The van der Waals surface area contributed by atoms with Crippen molar-refractivity contribution in [1.82, 2.24) is 5.32 Å². The minimum Gasteiger partial charge on any atom is -0.478 e. The lowest BCUT2D eigenvalue weighted by Gasteiger charge is -2.08. The molecule has 0 aliphatic heterocycles. The molecule has 3 N–H and O–H groups in total. The molecule has 0 fully saturated rings. The van der Waals surface area contributed by atoms with Gasteiger partial charge in [-0.3, -0.25) is 0 Å². The Balaban J connectivity index is 2.73. The molecule has 0 saturated heterocycles. The number of benzene rings is 1. The first-order valence-corrected chi connectivity index (χ1v) is 5.50. The smallest absolute Gasteiger partial charge is 0.336 e. The lowest BCUT2D eigenvalue weighted by molar-refractivity contribution is 0.0696. The van der Waals surface area contributed by atoms with Crippen molar-refractivity contribution >= 4 is 29.3 Å². The van der Waals surface area contributed by atoms with Crippen LogP contribution in [0.15, 0.2) is 29.8 Å². The molecule has 5 nitrogen and oxygen atoms in total. The monoisotopic (exact) mass is 268 g/mol. The zero-order chi connectivity index (χ0) is 13.7. The standard InChI is InChI=1S/C12H13ClN2O3/c1-7-3-4-9(5-10(7)11(16)17)15-12(18)14-6-8(2)13/h3-5H,2,6H2,1H3,(H,16,17)(H2,14,15,18). The number of carbonyl (C=O) groups excluding carboxylic acids is 1. The van der Waals surface area contributed by atoms with E-state index in [1.165, 1.54) is 6.07 Å². The number of halogens is 1. The molecule has 1 aromatic rings. The molecule has 0 heterocycles. The Morgan fingerprint density at radius 1 is 1.44 bits per heavy atom. The number of amides is 2. The van der Waals surface area contributed by atoms with Crippen molar-refractivity contribution in [3.8, 4) is 0 Å². The molecular formula is C12H13ClN2O3. The Bertz CT molecular complexity index is 500. The van der Waals surface area contributed by atoms with E-state index in [1.54, 1.807) is 19.1 Å². The van der Waals surface area contributed by atoms with Gasteiger partial charge in [0.2, 0.25) is 0 Å². The Hall–Kier alpha value is -2.01. The Labute approximate surface area is 109 Å². The SMILES string of the molecule is C=C(Cl)CNC(=O)Nc1ccc(C)c(C(=O)O)c1. The highest BCUT2D eigenvalue weighted by molar-refractivity contribution is 6.29. The van der Waals surface area contributed by atoms with Gasteiger partial charge >= 0.3 is 12.0 Å². The van der Waals surface area contributed by atoms with Crippen LogP contribution in [0, 0.1) is 6.92 Å². The highest BCUT2D eigenvalue weighted by atomic mass is 35.5. The van der Waals surface area contributed by atoms with E-state index in [0.29, 0.717) is 16.3 Å². The fourth-order valence-electron chi connectivity index (χ4n) is 1.28. The molecule has 0 bridgehead atoms. The Morgan fingerprint density at radius 2 is 2.11 bits per heavy atom. The molecule has 0 atom stereocenters. The summed E-state index contributed by atoms with van der Waals surface area (Å²) < 4.78 is 0. The summed E-state index contributed by atoms with van der Waals surface area (Å²) in [6.45, 7) is 5.26. The van der Waals surface area contributed by atoms with Crippen LogP contribution in [0.4, 0.5) is 10.5 Å². The van der Waals surface area contributed by atoms with E-state index in [4.69, 9.17) is 16.7 Å². The number of hydrogen-bond donors (Lipinski definition) is 3. The van der Waals surface area contributed by atoms with Crippen molar-refractivity contribution in [2.24, 2.45) is 0 Å². The summed E-state index contributed by atoms with van der Waals surface area (Å²) in [5.74, 6) is -1.04. The minimum absolute atomic E-state index is 0.144. The first-order valence-electron chi connectivity index (χ1n) is 5.12. The maximum absolute atomic E-state index is 11.4. The summed E-state index contributed by atoms with van der Waals surface area (Å²) in [5.41, 5.74) is 1.17. The molecule has 0 radical (unpaired) electrons. The van der Waals surface area contributed by atoms with Gasteiger partial charge in [0.15, 0.2) is 0 Å². The summed E-state index contributed by atoms with van der Waals surface area (Å²) in [7, 11) is 0. The van der Waals surface area contributed by atoms with Crippen molar-refractivity contribution in [3.63, 3.8) is 0 Å². The summed E-state index contributed by atoms with van der Waals surface area (Å²) >= 11 is 5.50. The van der Waals surface area contributed by atoms with Crippen molar-refractivity contribution in [2.75, 3.05) is 11.9 Å².